The lowest BCUT2D eigenvalue weighted by Crippen LogP contribution is -2.29. The summed E-state index contributed by atoms with van der Waals surface area (Å²) in [4.78, 5) is 0. The Morgan fingerprint density at radius 1 is 1.00 bits per heavy atom. The van der Waals surface area contributed by atoms with E-state index in [0.717, 1.165) is 6.54 Å². The van der Waals surface area contributed by atoms with Gasteiger partial charge in [0.15, 0.2) is 0 Å². The van der Waals surface area contributed by atoms with Crippen LogP contribution in [0.25, 0.3) is 0 Å². The number of unbranched alkanes of at least 4 members (excludes halogenated alkanes) is 2. The van der Waals surface area contributed by atoms with Gasteiger partial charge in [-0.05, 0) is 24.8 Å². The zero-order valence-electron chi connectivity index (χ0n) is 9.95. The quantitative estimate of drug-likeness (QED) is 0.570. The van der Waals surface area contributed by atoms with Crippen molar-refractivity contribution in [2.45, 2.75) is 59.8 Å². The van der Waals surface area contributed by atoms with E-state index in [1.807, 2.05) is 0 Å². The third-order valence-corrected chi connectivity index (χ3v) is 2.49. The van der Waals surface area contributed by atoms with Crippen LogP contribution in [-0.4, -0.2) is 13.1 Å². The fourth-order valence-corrected chi connectivity index (χ4v) is 1.55. The lowest BCUT2D eigenvalue weighted by molar-refractivity contribution is 0.303. The molecule has 0 spiro atoms. The molecule has 0 atom stereocenters. The highest BCUT2D eigenvalue weighted by Crippen LogP contribution is 2.22. The van der Waals surface area contributed by atoms with Crippen molar-refractivity contribution in [1.29, 1.82) is 0 Å². The molecule has 0 radical (unpaired) electrons. The first kappa shape index (κ1) is 13.0. The Balaban J connectivity index is 3.42. The number of rotatable bonds is 8. The van der Waals surface area contributed by atoms with Crippen LogP contribution in [0.15, 0.2) is 0 Å². The zero-order chi connectivity index (χ0) is 10.2. The molecule has 13 heavy (non-hydrogen) atoms. The van der Waals surface area contributed by atoms with Gasteiger partial charge >= 0.3 is 0 Å². The lowest BCUT2D eigenvalue weighted by Gasteiger charge is -2.24. The first-order chi connectivity index (χ1) is 6.12. The van der Waals surface area contributed by atoms with Crippen LogP contribution in [0, 0.1) is 5.41 Å². The molecular formula is C12H27N. The third-order valence-electron chi connectivity index (χ3n) is 2.49. The second-order valence-electron chi connectivity index (χ2n) is 4.80. The molecule has 0 aromatic heterocycles. The predicted octanol–water partition coefficient (Wildman–Crippen LogP) is 3.59. The van der Waals surface area contributed by atoms with E-state index in [-0.39, 0.29) is 0 Å². The lowest BCUT2D eigenvalue weighted by atomic mass is 9.87. The molecule has 0 aliphatic rings. The highest BCUT2D eigenvalue weighted by Gasteiger charge is 2.15. The molecule has 0 aromatic rings. The summed E-state index contributed by atoms with van der Waals surface area (Å²) in [6.07, 6.45) is 6.70. The minimum absolute atomic E-state index is 0.490. The second-order valence-corrected chi connectivity index (χ2v) is 4.80. The Morgan fingerprint density at radius 2 is 1.69 bits per heavy atom. The number of nitrogens with one attached hydrogen (secondary N) is 1. The van der Waals surface area contributed by atoms with Gasteiger partial charge in [0.25, 0.3) is 0 Å². The Kier molecular flexibility index (Phi) is 7.35. The van der Waals surface area contributed by atoms with Crippen molar-refractivity contribution < 1.29 is 0 Å². The molecule has 0 aliphatic heterocycles. The maximum Gasteiger partial charge on any atom is 0.000251 e. The molecule has 1 N–H and O–H groups in total. The Hall–Kier alpha value is -0.0400. The van der Waals surface area contributed by atoms with Gasteiger partial charge in [-0.3, -0.25) is 0 Å². The molecule has 0 aliphatic carbocycles. The summed E-state index contributed by atoms with van der Waals surface area (Å²) in [5, 5.41) is 3.50. The zero-order valence-corrected chi connectivity index (χ0v) is 9.95. The van der Waals surface area contributed by atoms with Gasteiger partial charge in [0.05, 0.1) is 0 Å². The third kappa shape index (κ3) is 8.29. The summed E-state index contributed by atoms with van der Waals surface area (Å²) in [5.74, 6) is 0. The molecule has 0 amide bonds. The highest BCUT2D eigenvalue weighted by atomic mass is 14.9. The number of hydrogen-bond acceptors (Lipinski definition) is 1. The van der Waals surface area contributed by atoms with E-state index in [4.69, 9.17) is 0 Å². The Morgan fingerprint density at radius 3 is 2.23 bits per heavy atom. The molecule has 0 saturated carbocycles. The molecule has 0 unspecified atom stereocenters. The van der Waals surface area contributed by atoms with Crippen molar-refractivity contribution in [3.63, 3.8) is 0 Å². The maximum absolute atomic E-state index is 3.50. The number of hydrogen-bond donors (Lipinski definition) is 1. The van der Waals surface area contributed by atoms with Gasteiger partial charge in [0, 0.05) is 6.54 Å². The van der Waals surface area contributed by atoms with Gasteiger partial charge in [-0.15, -0.1) is 0 Å². The largest absolute Gasteiger partial charge is 0.316 e. The highest BCUT2D eigenvalue weighted by molar-refractivity contribution is 4.71. The fraction of sp³-hybridized carbons (Fsp3) is 1.00. The van der Waals surface area contributed by atoms with Gasteiger partial charge in [0.1, 0.15) is 0 Å². The minimum atomic E-state index is 0.490. The van der Waals surface area contributed by atoms with Crippen molar-refractivity contribution in [3.05, 3.63) is 0 Å². The molecule has 0 fully saturated rings. The topological polar surface area (TPSA) is 12.0 Å². The molecule has 80 valence electrons. The van der Waals surface area contributed by atoms with Crippen LogP contribution in [0.4, 0.5) is 0 Å². The average Bonchev–Trinajstić information content (AvgIpc) is 2.05. The normalized spacial score (nSPS) is 12.0. The van der Waals surface area contributed by atoms with Gasteiger partial charge in [-0.25, -0.2) is 0 Å². The monoisotopic (exact) mass is 185 g/mol. The maximum atomic E-state index is 3.50. The van der Waals surface area contributed by atoms with Crippen molar-refractivity contribution in [2.24, 2.45) is 5.41 Å². The van der Waals surface area contributed by atoms with E-state index in [9.17, 15) is 0 Å². The first-order valence-electron chi connectivity index (χ1n) is 5.83. The van der Waals surface area contributed by atoms with Crippen molar-refractivity contribution in [3.8, 4) is 0 Å². The van der Waals surface area contributed by atoms with Gasteiger partial charge in [-0.1, -0.05) is 47.0 Å². The molecule has 0 saturated heterocycles. The predicted molar refractivity (Wildman–Crippen MR) is 61.1 cm³/mol. The molecule has 0 heterocycles. The van der Waals surface area contributed by atoms with Crippen molar-refractivity contribution >= 4 is 0 Å². The van der Waals surface area contributed by atoms with Crippen molar-refractivity contribution in [2.75, 3.05) is 13.1 Å². The summed E-state index contributed by atoms with van der Waals surface area (Å²) in [5.41, 5.74) is 0.490. The second kappa shape index (κ2) is 7.37. The van der Waals surface area contributed by atoms with E-state index in [0.29, 0.717) is 5.41 Å². The molecule has 1 nitrogen and oxygen atoms in total. The summed E-state index contributed by atoms with van der Waals surface area (Å²) < 4.78 is 0. The summed E-state index contributed by atoms with van der Waals surface area (Å²) in [7, 11) is 0. The van der Waals surface area contributed by atoms with Crippen LogP contribution in [0.3, 0.4) is 0 Å². The molecule has 0 aromatic carbocycles. The molecule has 0 rings (SSSR count). The van der Waals surface area contributed by atoms with Gasteiger partial charge in [0.2, 0.25) is 0 Å². The molecule has 0 bridgehead atoms. The minimum Gasteiger partial charge on any atom is -0.316 e. The van der Waals surface area contributed by atoms with E-state index >= 15 is 0 Å². The molecular weight excluding hydrogens is 158 g/mol. The van der Waals surface area contributed by atoms with Crippen LogP contribution >= 0.6 is 0 Å². The van der Waals surface area contributed by atoms with E-state index in [2.05, 4.69) is 33.0 Å². The van der Waals surface area contributed by atoms with Crippen LogP contribution in [0.1, 0.15) is 59.8 Å². The first-order valence-corrected chi connectivity index (χ1v) is 5.83. The van der Waals surface area contributed by atoms with Gasteiger partial charge in [-0.2, -0.15) is 0 Å². The summed E-state index contributed by atoms with van der Waals surface area (Å²) in [6, 6.07) is 0. The van der Waals surface area contributed by atoms with E-state index in [1.165, 1.54) is 38.6 Å². The summed E-state index contributed by atoms with van der Waals surface area (Å²) >= 11 is 0. The summed E-state index contributed by atoms with van der Waals surface area (Å²) in [6.45, 7) is 11.6. The average molecular weight is 185 g/mol. The van der Waals surface area contributed by atoms with Crippen LogP contribution in [0.5, 0.6) is 0 Å². The van der Waals surface area contributed by atoms with E-state index in [1.54, 1.807) is 0 Å². The smallest absolute Gasteiger partial charge is 0.000251 e. The molecule has 1 heteroatoms. The van der Waals surface area contributed by atoms with Crippen molar-refractivity contribution in [1.82, 2.24) is 5.32 Å². The Labute approximate surface area is 84.3 Å². The van der Waals surface area contributed by atoms with Gasteiger partial charge < -0.3 is 5.32 Å². The SMILES string of the molecule is CCCCCC(C)(C)CNCCC. The van der Waals surface area contributed by atoms with Crippen LogP contribution in [-0.2, 0) is 0 Å². The fourth-order valence-electron chi connectivity index (χ4n) is 1.55. The van der Waals surface area contributed by atoms with E-state index < -0.39 is 0 Å². The standard InChI is InChI=1S/C12H27N/c1-5-7-8-9-12(3,4)11-13-10-6-2/h13H,5-11H2,1-4H3. The van der Waals surface area contributed by atoms with Crippen LogP contribution < -0.4 is 5.32 Å². The van der Waals surface area contributed by atoms with Crippen LogP contribution in [0.2, 0.25) is 0 Å². The Bertz CT molecular complexity index is 95.7.